The van der Waals surface area contributed by atoms with Crippen LogP contribution in [0.15, 0.2) is 113 Å². The third kappa shape index (κ3) is 6.36. The number of furan rings is 1. The van der Waals surface area contributed by atoms with Crippen molar-refractivity contribution in [2.75, 3.05) is 0 Å². The second-order valence-corrected chi connectivity index (χ2v) is 8.51. The zero-order valence-electron chi connectivity index (χ0n) is 17.6. The van der Waals surface area contributed by atoms with Crippen LogP contribution < -0.4 is 5.32 Å². The van der Waals surface area contributed by atoms with Gasteiger partial charge in [-0.2, -0.15) is 0 Å². The molecule has 0 fully saturated rings. The number of thioether (sulfide) groups is 1. The number of benzene rings is 3. The Hall–Kier alpha value is -3.28. The fourth-order valence-corrected chi connectivity index (χ4v) is 4.38. The molecule has 0 saturated carbocycles. The van der Waals surface area contributed by atoms with Gasteiger partial charge in [-0.1, -0.05) is 72.8 Å². The van der Waals surface area contributed by atoms with Gasteiger partial charge in [-0.3, -0.25) is 4.79 Å². The summed E-state index contributed by atoms with van der Waals surface area (Å²) in [6.45, 7) is 1.38. The van der Waals surface area contributed by atoms with Crippen molar-refractivity contribution >= 4 is 17.7 Å². The molecule has 0 saturated heterocycles. The van der Waals surface area contributed by atoms with E-state index in [-0.39, 0.29) is 11.2 Å². The lowest BCUT2D eigenvalue weighted by atomic mass is 10.1. The highest BCUT2D eigenvalue weighted by atomic mass is 32.2. The molecule has 5 heteroatoms. The highest BCUT2D eigenvalue weighted by molar-refractivity contribution is 8.00. The van der Waals surface area contributed by atoms with Crippen LogP contribution >= 0.6 is 11.8 Å². The normalized spacial score (nSPS) is 11.8. The number of hydrogen-bond donors (Lipinski definition) is 1. The van der Waals surface area contributed by atoms with Gasteiger partial charge in [-0.25, -0.2) is 0 Å². The van der Waals surface area contributed by atoms with E-state index in [4.69, 9.17) is 9.15 Å². The maximum Gasteiger partial charge on any atom is 0.238 e. The van der Waals surface area contributed by atoms with Crippen molar-refractivity contribution in [3.05, 3.63) is 126 Å². The Bertz CT molecular complexity index is 1100. The summed E-state index contributed by atoms with van der Waals surface area (Å²) in [4.78, 5) is 14.2. The smallest absolute Gasteiger partial charge is 0.238 e. The van der Waals surface area contributed by atoms with Crippen LogP contribution in [-0.4, -0.2) is 5.91 Å². The fraction of sp³-hybridized carbons (Fsp3) is 0.148. The molecule has 0 aliphatic heterocycles. The van der Waals surface area contributed by atoms with Crippen molar-refractivity contribution < 1.29 is 13.9 Å². The van der Waals surface area contributed by atoms with Crippen LogP contribution in [0, 0.1) is 0 Å². The van der Waals surface area contributed by atoms with Gasteiger partial charge in [0.15, 0.2) is 0 Å². The van der Waals surface area contributed by atoms with Crippen molar-refractivity contribution in [1.82, 2.24) is 5.32 Å². The lowest BCUT2D eigenvalue weighted by Crippen LogP contribution is -2.27. The fourth-order valence-electron chi connectivity index (χ4n) is 3.31. The maximum absolute atomic E-state index is 13.1. The lowest BCUT2D eigenvalue weighted by Gasteiger charge is -2.17. The van der Waals surface area contributed by atoms with Crippen molar-refractivity contribution in [2.45, 2.75) is 29.9 Å². The SMILES string of the molecule is O=C(NCc1cccc(COCc2ccco2)c1)C(Sc1ccccc1)c1ccccc1. The van der Waals surface area contributed by atoms with Crippen molar-refractivity contribution in [2.24, 2.45) is 0 Å². The molecule has 32 heavy (non-hydrogen) atoms. The summed E-state index contributed by atoms with van der Waals surface area (Å²) < 4.78 is 11.0. The quantitative estimate of drug-likeness (QED) is 0.299. The van der Waals surface area contributed by atoms with E-state index < -0.39 is 0 Å². The van der Waals surface area contributed by atoms with Crippen LogP contribution in [0.2, 0.25) is 0 Å². The van der Waals surface area contributed by atoms with Gasteiger partial charge in [0.1, 0.15) is 17.6 Å². The minimum Gasteiger partial charge on any atom is -0.467 e. The highest BCUT2D eigenvalue weighted by Crippen LogP contribution is 2.35. The molecule has 1 heterocycles. The van der Waals surface area contributed by atoms with E-state index in [9.17, 15) is 4.79 Å². The molecule has 1 unspecified atom stereocenters. The van der Waals surface area contributed by atoms with E-state index in [0.29, 0.717) is 19.8 Å². The van der Waals surface area contributed by atoms with Gasteiger partial charge in [0.25, 0.3) is 0 Å². The molecule has 3 aromatic carbocycles. The first-order valence-corrected chi connectivity index (χ1v) is 11.4. The van der Waals surface area contributed by atoms with E-state index >= 15 is 0 Å². The van der Waals surface area contributed by atoms with Crippen LogP contribution in [0.5, 0.6) is 0 Å². The Kier molecular flexibility index (Phi) is 7.79. The predicted octanol–water partition coefficient (Wildman–Crippen LogP) is 6.15. The van der Waals surface area contributed by atoms with Gasteiger partial charge in [0.2, 0.25) is 5.91 Å². The van der Waals surface area contributed by atoms with E-state index in [2.05, 4.69) is 11.4 Å². The minimum absolute atomic E-state index is 0.00970. The zero-order chi connectivity index (χ0) is 22.0. The van der Waals surface area contributed by atoms with E-state index in [1.807, 2.05) is 91.0 Å². The van der Waals surface area contributed by atoms with Gasteiger partial charge < -0.3 is 14.5 Å². The van der Waals surface area contributed by atoms with Gasteiger partial charge in [0, 0.05) is 11.4 Å². The number of hydrogen-bond acceptors (Lipinski definition) is 4. The predicted molar refractivity (Wildman–Crippen MR) is 127 cm³/mol. The summed E-state index contributed by atoms with van der Waals surface area (Å²) >= 11 is 1.56. The maximum atomic E-state index is 13.1. The molecule has 0 bridgehead atoms. The number of ether oxygens (including phenoxy) is 1. The number of amides is 1. The van der Waals surface area contributed by atoms with Gasteiger partial charge in [-0.05, 0) is 41.0 Å². The minimum atomic E-state index is -0.321. The molecule has 1 N–H and O–H groups in total. The van der Waals surface area contributed by atoms with Crippen molar-refractivity contribution in [3.8, 4) is 0 Å². The third-order valence-electron chi connectivity index (χ3n) is 4.89. The van der Waals surface area contributed by atoms with Crippen LogP contribution in [0.25, 0.3) is 0 Å². The van der Waals surface area contributed by atoms with Crippen LogP contribution in [0.1, 0.15) is 27.7 Å². The summed E-state index contributed by atoms with van der Waals surface area (Å²) in [5.41, 5.74) is 3.08. The monoisotopic (exact) mass is 443 g/mol. The topological polar surface area (TPSA) is 51.5 Å². The summed E-state index contributed by atoms with van der Waals surface area (Å²) in [7, 11) is 0. The van der Waals surface area contributed by atoms with E-state index in [1.165, 1.54) is 0 Å². The standard InChI is InChI=1S/C27H25NO3S/c29-27(26(23-11-3-1-4-12-23)32-25-14-5-2-6-15-25)28-18-21-9-7-10-22(17-21)19-30-20-24-13-8-16-31-24/h1-17,26H,18-20H2,(H,28,29). The molecule has 162 valence electrons. The second-order valence-electron chi connectivity index (χ2n) is 7.33. The highest BCUT2D eigenvalue weighted by Gasteiger charge is 2.21. The van der Waals surface area contributed by atoms with Gasteiger partial charge >= 0.3 is 0 Å². The molecule has 0 spiro atoms. The van der Waals surface area contributed by atoms with Gasteiger partial charge in [-0.15, -0.1) is 11.8 Å². The molecular formula is C27H25NO3S. The Morgan fingerprint density at radius 3 is 2.34 bits per heavy atom. The second kappa shape index (κ2) is 11.4. The molecule has 1 atom stereocenters. The largest absolute Gasteiger partial charge is 0.467 e. The number of rotatable bonds is 10. The van der Waals surface area contributed by atoms with E-state index in [1.54, 1.807) is 18.0 Å². The summed E-state index contributed by atoms with van der Waals surface area (Å²) in [6, 6.07) is 31.7. The first-order chi connectivity index (χ1) is 15.8. The average molecular weight is 444 g/mol. The summed E-state index contributed by atoms with van der Waals surface area (Å²) in [6.07, 6.45) is 1.64. The van der Waals surface area contributed by atoms with Gasteiger partial charge in [0.05, 0.1) is 12.9 Å². The number of carbonyl (C=O) groups is 1. The molecule has 0 aliphatic rings. The number of nitrogens with one attached hydrogen (secondary N) is 1. The molecular weight excluding hydrogens is 418 g/mol. The molecule has 1 aromatic heterocycles. The average Bonchev–Trinajstić information content (AvgIpc) is 3.36. The first-order valence-electron chi connectivity index (χ1n) is 10.5. The number of carbonyl (C=O) groups excluding carboxylic acids is 1. The van der Waals surface area contributed by atoms with Crippen LogP contribution in [0.3, 0.4) is 0 Å². The molecule has 0 radical (unpaired) electrons. The third-order valence-corrected chi connectivity index (χ3v) is 6.16. The molecule has 1 amide bonds. The zero-order valence-corrected chi connectivity index (χ0v) is 18.5. The lowest BCUT2D eigenvalue weighted by molar-refractivity contribution is -0.120. The van der Waals surface area contributed by atoms with Crippen LogP contribution in [0.4, 0.5) is 0 Å². The van der Waals surface area contributed by atoms with Crippen molar-refractivity contribution in [3.63, 3.8) is 0 Å². The Labute approximate surface area is 192 Å². The molecule has 0 aliphatic carbocycles. The Morgan fingerprint density at radius 1 is 0.844 bits per heavy atom. The molecule has 4 rings (SSSR count). The van der Waals surface area contributed by atoms with E-state index in [0.717, 1.165) is 27.3 Å². The Balaban J connectivity index is 1.37. The van der Waals surface area contributed by atoms with Crippen LogP contribution in [-0.2, 0) is 29.3 Å². The molecule has 4 aromatic rings. The summed E-state index contributed by atoms with van der Waals surface area (Å²) in [5, 5.41) is 2.79. The molecule has 4 nitrogen and oxygen atoms in total. The Morgan fingerprint density at radius 2 is 1.59 bits per heavy atom. The first kappa shape index (κ1) is 21.9. The summed E-state index contributed by atoms with van der Waals surface area (Å²) in [5.74, 6) is 0.792. The van der Waals surface area contributed by atoms with Crippen molar-refractivity contribution in [1.29, 1.82) is 0 Å².